The number of aryl methyl sites for hydroxylation is 1. The third kappa shape index (κ3) is 5.73. The van der Waals surface area contributed by atoms with E-state index >= 15 is 0 Å². The molecule has 0 heterocycles. The molecular formula is C15H21NO4. The number of aliphatic carboxylic acids is 1. The standard InChI is InChI=1S/C15H21NO4/c1-10-4-7-13(8-5-10)20-12(3)15(19)16-11(2)6-9-14(17)18/h4-5,7-8,11-12H,6,9H2,1-3H3,(H,16,19)(H,17,18). The molecule has 1 amide bonds. The topological polar surface area (TPSA) is 75.6 Å². The van der Waals surface area contributed by atoms with Gasteiger partial charge in [-0.25, -0.2) is 0 Å². The SMILES string of the molecule is Cc1ccc(OC(C)C(=O)NC(C)CCC(=O)O)cc1. The van der Waals surface area contributed by atoms with Gasteiger partial charge >= 0.3 is 5.97 Å². The Kier molecular flexibility index (Phi) is 6.03. The van der Waals surface area contributed by atoms with E-state index in [2.05, 4.69) is 5.32 Å². The average molecular weight is 279 g/mol. The van der Waals surface area contributed by atoms with Gasteiger partial charge in [-0.3, -0.25) is 9.59 Å². The molecule has 0 aliphatic carbocycles. The van der Waals surface area contributed by atoms with E-state index in [1.54, 1.807) is 13.8 Å². The molecule has 0 spiro atoms. The highest BCUT2D eigenvalue weighted by Gasteiger charge is 2.17. The third-order valence-electron chi connectivity index (χ3n) is 2.88. The second-order valence-electron chi connectivity index (χ2n) is 4.92. The highest BCUT2D eigenvalue weighted by Crippen LogP contribution is 2.13. The van der Waals surface area contributed by atoms with Crippen LogP contribution < -0.4 is 10.1 Å². The highest BCUT2D eigenvalue weighted by molar-refractivity contribution is 5.81. The zero-order chi connectivity index (χ0) is 15.1. The zero-order valence-corrected chi connectivity index (χ0v) is 12.1. The van der Waals surface area contributed by atoms with Crippen molar-refractivity contribution in [1.82, 2.24) is 5.32 Å². The van der Waals surface area contributed by atoms with E-state index in [9.17, 15) is 9.59 Å². The van der Waals surface area contributed by atoms with Crippen LogP contribution in [0.15, 0.2) is 24.3 Å². The number of carboxylic acid groups (broad SMARTS) is 1. The lowest BCUT2D eigenvalue weighted by Gasteiger charge is -2.18. The number of carbonyl (C=O) groups is 2. The van der Waals surface area contributed by atoms with Crippen molar-refractivity contribution >= 4 is 11.9 Å². The second kappa shape index (κ2) is 7.53. The molecule has 2 atom stereocenters. The number of hydrogen-bond acceptors (Lipinski definition) is 3. The average Bonchev–Trinajstić information content (AvgIpc) is 2.39. The molecule has 0 radical (unpaired) electrons. The minimum atomic E-state index is -0.866. The van der Waals surface area contributed by atoms with Crippen LogP contribution >= 0.6 is 0 Å². The quantitative estimate of drug-likeness (QED) is 0.801. The molecule has 2 unspecified atom stereocenters. The maximum absolute atomic E-state index is 11.9. The molecule has 5 nitrogen and oxygen atoms in total. The van der Waals surface area contributed by atoms with Crippen LogP contribution in [0, 0.1) is 6.92 Å². The number of ether oxygens (including phenoxy) is 1. The first-order valence-corrected chi connectivity index (χ1v) is 6.64. The second-order valence-corrected chi connectivity index (χ2v) is 4.92. The fourth-order valence-corrected chi connectivity index (χ4v) is 1.65. The van der Waals surface area contributed by atoms with Crippen LogP contribution in [0.1, 0.15) is 32.3 Å². The largest absolute Gasteiger partial charge is 0.481 e. The third-order valence-corrected chi connectivity index (χ3v) is 2.88. The minimum absolute atomic E-state index is 0.0364. The molecule has 1 aromatic rings. The van der Waals surface area contributed by atoms with Crippen molar-refractivity contribution in [1.29, 1.82) is 0 Å². The Labute approximate surface area is 118 Å². The summed E-state index contributed by atoms with van der Waals surface area (Å²) in [5, 5.41) is 11.3. The summed E-state index contributed by atoms with van der Waals surface area (Å²) in [6.45, 7) is 5.42. The summed E-state index contributed by atoms with van der Waals surface area (Å²) < 4.78 is 5.53. The number of amides is 1. The number of benzene rings is 1. The fraction of sp³-hybridized carbons (Fsp3) is 0.467. The predicted molar refractivity (Wildman–Crippen MR) is 75.7 cm³/mol. The fourth-order valence-electron chi connectivity index (χ4n) is 1.65. The van der Waals surface area contributed by atoms with Crippen LogP contribution in [0.25, 0.3) is 0 Å². The van der Waals surface area contributed by atoms with Crippen molar-refractivity contribution < 1.29 is 19.4 Å². The highest BCUT2D eigenvalue weighted by atomic mass is 16.5. The molecule has 1 rings (SSSR count). The number of carbonyl (C=O) groups excluding carboxylic acids is 1. The Hall–Kier alpha value is -2.04. The molecule has 0 aliphatic heterocycles. The van der Waals surface area contributed by atoms with Gasteiger partial charge in [0.2, 0.25) is 0 Å². The molecular weight excluding hydrogens is 258 g/mol. The number of rotatable bonds is 7. The van der Waals surface area contributed by atoms with Crippen LogP contribution in [0.3, 0.4) is 0 Å². The molecule has 0 saturated heterocycles. The lowest BCUT2D eigenvalue weighted by Crippen LogP contribution is -2.41. The van der Waals surface area contributed by atoms with Crippen molar-refractivity contribution in [3.63, 3.8) is 0 Å². The van der Waals surface area contributed by atoms with Gasteiger partial charge in [0, 0.05) is 12.5 Å². The van der Waals surface area contributed by atoms with Gasteiger partial charge in [0.15, 0.2) is 6.10 Å². The van der Waals surface area contributed by atoms with Crippen LogP contribution in [0.4, 0.5) is 0 Å². The van der Waals surface area contributed by atoms with Gasteiger partial charge in [0.1, 0.15) is 5.75 Å². The first-order chi connectivity index (χ1) is 9.38. The van der Waals surface area contributed by atoms with Gasteiger partial charge in [-0.15, -0.1) is 0 Å². The molecule has 2 N–H and O–H groups in total. The summed E-state index contributed by atoms with van der Waals surface area (Å²) in [5.41, 5.74) is 1.12. The van der Waals surface area contributed by atoms with Crippen LogP contribution in [0.5, 0.6) is 5.75 Å². The number of carboxylic acids is 1. The summed E-state index contributed by atoms with van der Waals surface area (Å²) >= 11 is 0. The lowest BCUT2D eigenvalue weighted by atomic mass is 10.2. The van der Waals surface area contributed by atoms with E-state index in [1.807, 2.05) is 31.2 Å². The van der Waals surface area contributed by atoms with E-state index in [1.165, 1.54) is 0 Å². The molecule has 0 aliphatic rings. The van der Waals surface area contributed by atoms with Crippen LogP contribution in [-0.4, -0.2) is 29.1 Å². The summed E-state index contributed by atoms with van der Waals surface area (Å²) in [7, 11) is 0. The van der Waals surface area contributed by atoms with Gasteiger partial charge in [0.25, 0.3) is 5.91 Å². The van der Waals surface area contributed by atoms with E-state index in [0.717, 1.165) is 5.56 Å². The summed E-state index contributed by atoms with van der Waals surface area (Å²) in [5.74, 6) is -0.477. The first kappa shape index (κ1) is 16.0. The molecule has 110 valence electrons. The first-order valence-electron chi connectivity index (χ1n) is 6.64. The Morgan fingerprint density at radius 2 is 1.85 bits per heavy atom. The van der Waals surface area contributed by atoms with Crippen LogP contribution in [0.2, 0.25) is 0 Å². The maximum atomic E-state index is 11.9. The van der Waals surface area contributed by atoms with E-state index in [4.69, 9.17) is 9.84 Å². The van der Waals surface area contributed by atoms with Crippen molar-refractivity contribution in [2.75, 3.05) is 0 Å². The Balaban J connectivity index is 2.42. The number of nitrogens with one attached hydrogen (secondary N) is 1. The van der Waals surface area contributed by atoms with Crippen molar-refractivity contribution in [2.45, 2.75) is 45.8 Å². The Morgan fingerprint density at radius 3 is 2.40 bits per heavy atom. The molecule has 0 fully saturated rings. The summed E-state index contributed by atoms with van der Waals surface area (Å²) in [4.78, 5) is 22.3. The maximum Gasteiger partial charge on any atom is 0.303 e. The van der Waals surface area contributed by atoms with Gasteiger partial charge in [-0.05, 0) is 39.3 Å². The smallest absolute Gasteiger partial charge is 0.303 e. The molecule has 5 heteroatoms. The van der Waals surface area contributed by atoms with E-state index in [-0.39, 0.29) is 18.4 Å². The van der Waals surface area contributed by atoms with Crippen LogP contribution in [-0.2, 0) is 9.59 Å². The normalized spacial score (nSPS) is 13.3. The molecule has 1 aromatic carbocycles. The predicted octanol–water partition coefficient (Wildman–Crippen LogP) is 2.13. The summed E-state index contributed by atoms with van der Waals surface area (Å²) in [6.07, 6.45) is -0.183. The monoisotopic (exact) mass is 279 g/mol. The Bertz CT molecular complexity index is 455. The number of hydrogen-bond donors (Lipinski definition) is 2. The molecule has 0 bridgehead atoms. The van der Waals surface area contributed by atoms with Crippen molar-refractivity contribution in [3.8, 4) is 5.75 Å². The molecule has 20 heavy (non-hydrogen) atoms. The van der Waals surface area contributed by atoms with Gasteiger partial charge in [-0.1, -0.05) is 17.7 Å². The van der Waals surface area contributed by atoms with Gasteiger partial charge in [-0.2, -0.15) is 0 Å². The molecule has 0 aromatic heterocycles. The Morgan fingerprint density at radius 1 is 1.25 bits per heavy atom. The zero-order valence-electron chi connectivity index (χ0n) is 12.1. The van der Waals surface area contributed by atoms with Crippen molar-refractivity contribution in [2.24, 2.45) is 0 Å². The van der Waals surface area contributed by atoms with E-state index < -0.39 is 12.1 Å². The van der Waals surface area contributed by atoms with Gasteiger partial charge in [0.05, 0.1) is 0 Å². The minimum Gasteiger partial charge on any atom is -0.481 e. The van der Waals surface area contributed by atoms with Gasteiger partial charge < -0.3 is 15.2 Å². The lowest BCUT2D eigenvalue weighted by molar-refractivity contribution is -0.137. The van der Waals surface area contributed by atoms with Crippen molar-refractivity contribution in [3.05, 3.63) is 29.8 Å². The summed E-state index contributed by atoms with van der Waals surface area (Å²) in [6, 6.07) is 7.26. The van der Waals surface area contributed by atoms with E-state index in [0.29, 0.717) is 12.2 Å². The molecule has 0 saturated carbocycles.